The standard InChI is InChI=1S/C12H12N4O2S/c1-3-18-10(17)6-19-12-9(5-14)7(2)8(4-13)11(15)16-12/h3,6H2,1-2H3,(H2,15,16). The molecule has 0 fully saturated rings. The van der Waals surface area contributed by atoms with E-state index in [0.29, 0.717) is 17.2 Å². The Morgan fingerprint density at radius 2 is 2.05 bits per heavy atom. The highest BCUT2D eigenvalue weighted by Crippen LogP contribution is 2.27. The van der Waals surface area contributed by atoms with Crippen molar-refractivity contribution in [3.05, 3.63) is 16.7 Å². The Kier molecular flexibility index (Phi) is 5.16. The zero-order chi connectivity index (χ0) is 14.4. The van der Waals surface area contributed by atoms with Gasteiger partial charge in [0.1, 0.15) is 23.0 Å². The van der Waals surface area contributed by atoms with E-state index in [1.54, 1.807) is 13.8 Å². The minimum absolute atomic E-state index is 0.0420. The zero-order valence-electron chi connectivity index (χ0n) is 10.6. The van der Waals surface area contributed by atoms with Gasteiger partial charge in [0.15, 0.2) is 0 Å². The molecule has 6 nitrogen and oxygen atoms in total. The van der Waals surface area contributed by atoms with Gasteiger partial charge in [0, 0.05) is 0 Å². The fraction of sp³-hybridized carbons (Fsp3) is 0.333. The number of nitrogen functional groups attached to an aromatic ring is 1. The van der Waals surface area contributed by atoms with Crippen molar-refractivity contribution in [1.29, 1.82) is 10.5 Å². The zero-order valence-corrected chi connectivity index (χ0v) is 11.4. The fourth-order valence-corrected chi connectivity index (χ4v) is 2.25. The molecule has 0 saturated heterocycles. The third kappa shape index (κ3) is 3.36. The summed E-state index contributed by atoms with van der Waals surface area (Å²) in [6.45, 7) is 3.64. The molecule has 0 amide bonds. The quantitative estimate of drug-likeness (QED) is 0.652. The summed E-state index contributed by atoms with van der Waals surface area (Å²) in [6.07, 6.45) is 0. The second-order valence-corrected chi connectivity index (χ2v) is 4.46. The van der Waals surface area contributed by atoms with E-state index < -0.39 is 5.97 Å². The smallest absolute Gasteiger partial charge is 0.316 e. The van der Waals surface area contributed by atoms with Crippen LogP contribution in [0.1, 0.15) is 23.6 Å². The van der Waals surface area contributed by atoms with E-state index >= 15 is 0 Å². The molecule has 19 heavy (non-hydrogen) atoms. The maximum absolute atomic E-state index is 11.3. The number of carbonyl (C=O) groups excluding carboxylic acids is 1. The number of nitrogens with two attached hydrogens (primary N) is 1. The molecule has 0 bridgehead atoms. The fourth-order valence-electron chi connectivity index (χ4n) is 1.41. The third-order valence-electron chi connectivity index (χ3n) is 2.30. The molecule has 0 radical (unpaired) electrons. The first kappa shape index (κ1) is 14.8. The molecular weight excluding hydrogens is 264 g/mol. The number of hydrogen-bond donors (Lipinski definition) is 1. The minimum Gasteiger partial charge on any atom is -0.465 e. The number of anilines is 1. The molecule has 0 aliphatic carbocycles. The molecule has 7 heteroatoms. The summed E-state index contributed by atoms with van der Waals surface area (Å²) in [4.78, 5) is 15.3. The van der Waals surface area contributed by atoms with Gasteiger partial charge in [-0.2, -0.15) is 10.5 Å². The lowest BCUT2D eigenvalue weighted by atomic mass is 10.1. The monoisotopic (exact) mass is 276 g/mol. The number of aromatic nitrogens is 1. The van der Waals surface area contributed by atoms with Crippen molar-refractivity contribution >= 4 is 23.5 Å². The number of thioether (sulfide) groups is 1. The van der Waals surface area contributed by atoms with Crippen molar-refractivity contribution in [2.75, 3.05) is 18.1 Å². The van der Waals surface area contributed by atoms with Crippen molar-refractivity contribution in [3.63, 3.8) is 0 Å². The van der Waals surface area contributed by atoms with Gasteiger partial charge in [0.2, 0.25) is 0 Å². The summed E-state index contributed by atoms with van der Waals surface area (Å²) in [5.41, 5.74) is 6.58. The summed E-state index contributed by atoms with van der Waals surface area (Å²) >= 11 is 1.07. The summed E-state index contributed by atoms with van der Waals surface area (Å²) in [5.74, 6) is -0.288. The Morgan fingerprint density at radius 1 is 1.42 bits per heavy atom. The van der Waals surface area contributed by atoms with Crippen molar-refractivity contribution in [3.8, 4) is 12.1 Å². The Labute approximate surface area is 115 Å². The molecule has 0 aliphatic rings. The van der Waals surface area contributed by atoms with E-state index in [9.17, 15) is 4.79 Å². The van der Waals surface area contributed by atoms with E-state index in [4.69, 9.17) is 21.0 Å². The molecule has 0 spiro atoms. The average molecular weight is 276 g/mol. The van der Waals surface area contributed by atoms with E-state index in [1.807, 2.05) is 12.1 Å². The van der Waals surface area contributed by atoms with Crippen LogP contribution in [0.2, 0.25) is 0 Å². The molecule has 1 rings (SSSR count). The molecule has 0 aromatic carbocycles. The third-order valence-corrected chi connectivity index (χ3v) is 3.25. The van der Waals surface area contributed by atoms with Gasteiger partial charge >= 0.3 is 5.97 Å². The van der Waals surface area contributed by atoms with Gasteiger partial charge < -0.3 is 10.5 Å². The Bertz CT molecular complexity index is 587. The second-order valence-electron chi connectivity index (χ2n) is 3.49. The van der Waals surface area contributed by atoms with Gasteiger partial charge in [0.05, 0.1) is 23.5 Å². The Hall–Kier alpha value is -2.25. The first-order valence-corrected chi connectivity index (χ1v) is 6.42. The van der Waals surface area contributed by atoms with Gasteiger partial charge in [0.25, 0.3) is 0 Å². The van der Waals surface area contributed by atoms with Crippen LogP contribution in [-0.4, -0.2) is 23.3 Å². The van der Waals surface area contributed by atoms with Crippen LogP contribution < -0.4 is 5.73 Å². The summed E-state index contributed by atoms with van der Waals surface area (Å²) in [5, 5.41) is 18.4. The normalized spacial score (nSPS) is 9.47. The van der Waals surface area contributed by atoms with Crippen LogP contribution >= 0.6 is 11.8 Å². The molecule has 0 unspecified atom stereocenters. The first-order chi connectivity index (χ1) is 9.04. The van der Waals surface area contributed by atoms with Crippen LogP contribution in [-0.2, 0) is 9.53 Å². The second kappa shape index (κ2) is 6.62. The molecule has 0 atom stereocenters. The highest BCUT2D eigenvalue weighted by molar-refractivity contribution is 7.99. The molecule has 1 aromatic rings. The van der Waals surface area contributed by atoms with Gasteiger partial charge in [-0.15, -0.1) is 0 Å². The number of nitrogens with zero attached hydrogens (tertiary/aromatic N) is 3. The summed E-state index contributed by atoms with van der Waals surface area (Å²) in [7, 11) is 0. The predicted octanol–water partition coefficient (Wildman–Crippen LogP) is 1.37. The van der Waals surface area contributed by atoms with Gasteiger partial charge in [-0.05, 0) is 19.4 Å². The summed E-state index contributed by atoms with van der Waals surface area (Å²) in [6, 6.07) is 3.89. The SMILES string of the molecule is CCOC(=O)CSc1nc(N)c(C#N)c(C)c1C#N. The van der Waals surface area contributed by atoms with E-state index in [2.05, 4.69) is 4.98 Å². The minimum atomic E-state index is -0.390. The van der Waals surface area contributed by atoms with Crippen molar-refractivity contribution in [2.24, 2.45) is 0 Å². The molecule has 98 valence electrons. The van der Waals surface area contributed by atoms with Crippen LogP contribution in [0.4, 0.5) is 5.82 Å². The highest BCUT2D eigenvalue weighted by atomic mass is 32.2. The number of rotatable bonds is 4. The maximum Gasteiger partial charge on any atom is 0.316 e. The topological polar surface area (TPSA) is 113 Å². The van der Waals surface area contributed by atoms with Crippen LogP contribution in [0.3, 0.4) is 0 Å². The summed E-state index contributed by atoms with van der Waals surface area (Å²) < 4.78 is 4.79. The lowest BCUT2D eigenvalue weighted by Crippen LogP contribution is -2.08. The molecule has 1 heterocycles. The Morgan fingerprint density at radius 3 is 2.58 bits per heavy atom. The molecule has 2 N–H and O–H groups in total. The van der Waals surface area contributed by atoms with Crippen molar-refractivity contribution in [1.82, 2.24) is 4.98 Å². The van der Waals surface area contributed by atoms with Gasteiger partial charge in [-0.1, -0.05) is 11.8 Å². The van der Waals surface area contributed by atoms with Crippen molar-refractivity contribution < 1.29 is 9.53 Å². The van der Waals surface area contributed by atoms with Crippen LogP contribution in [0.25, 0.3) is 0 Å². The number of hydrogen-bond acceptors (Lipinski definition) is 7. The number of pyridine rings is 1. The maximum atomic E-state index is 11.3. The van der Waals surface area contributed by atoms with Gasteiger partial charge in [-0.3, -0.25) is 4.79 Å². The number of esters is 1. The molecular formula is C12H12N4O2S. The number of ether oxygens (including phenoxy) is 1. The number of nitriles is 2. The lowest BCUT2D eigenvalue weighted by molar-refractivity contribution is -0.139. The largest absolute Gasteiger partial charge is 0.465 e. The van der Waals surface area contributed by atoms with E-state index in [-0.39, 0.29) is 22.7 Å². The molecule has 1 aromatic heterocycles. The predicted molar refractivity (Wildman–Crippen MR) is 70.2 cm³/mol. The van der Waals surface area contributed by atoms with E-state index in [1.165, 1.54) is 0 Å². The highest BCUT2D eigenvalue weighted by Gasteiger charge is 2.16. The molecule has 0 aliphatic heterocycles. The lowest BCUT2D eigenvalue weighted by Gasteiger charge is -2.09. The first-order valence-electron chi connectivity index (χ1n) is 5.43. The van der Waals surface area contributed by atoms with Crippen LogP contribution in [0.5, 0.6) is 0 Å². The Balaban J connectivity index is 3.06. The average Bonchev–Trinajstić information content (AvgIpc) is 2.37. The van der Waals surface area contributed by atoms with Crippen molar-refractivity contribution in [2.45, 2.75) is 18.9 Å². The van der Waals surface area contributed by atoms with Gasteiger partial charge in [-0.25, -0.2) is 4.98 Å². The number of carbonyl (C=O) groups is 1. The van der Waals surface area contributed by atoms with E-state index in [0.717, 1.165) is 11.8 Å². The van der Waals surface area contributed by atoms with Crippen LogP contribution in [0.15, 0.2) is 5.03 Å². The molecule has 0 saturated carbocycles. The van der Waals surface area contributed by atoms with Crippen LogP contribution in [0, 0.1) is 29.6 Å².